The molecule has 1 atom stereocenters. The molecule has 40 heavy (non-hydrogen) atoms. The Kier molecular flexibility index (Phi) is 8.34. The van der Waals surface area contributed by atoms with Crippen LogP contribution in [0.1, 0.15) is 48.0 Å². The minimum Gasteiger partial charge on any atom is -0.486 e. The number of aromatic nitrogens is 2. The first-order valence-electron chi connectivity index (χ1n) is 12.2. The van der Waals surface area contributed by atoms with Gasteiger partial charge in [-0.1, -0.05) is 11.6 Å². The maximum Gasteiger partial charge on any atom is 0.412 e. The number of amides is 2. The van der Waals surface area contributed by atoms with Crippen molar-refractivity contribution in [3.05, 3.63) is 29.5 Å². The molecule has 16 heteroatoms. The third kappa shape index (κ3) is 6.09. The van der Waals surface area contributed by atoms with Crippen LogP contribution < -0.4 is 19.3 Å². The third-order valence-electron chi connectivity index (χ3n) is 6.41. The van der Waals surface area contributed by atoms with E-state index in [1.807, 2.05) is 0 Å². The summed E-state index contributed by atoms with van der Waals surface area (Å²) in [6.45, 7) is 7.90. The number of aryl methyl sites for hydroxylation is 1. The zero-order valence-electron chi connectivity index (χ0n) is 22.7. The van der Waals surface area contributed by atoms with Crippen molar-refractivity contribution >= 4 is 45.0 Å². The first-order chi connectivity index (χ1) is 18.2. The molecule has 0 radical (unpaired) electrons. The first kappa shape index (κ1) is 31.3. The number of carbonyl (C=O) groups is 2. The first-order valence-corrected chi connectivity index (χ1v) is 14.0. The molecule has 3 rings (SSSR count). The minimum atomic E-state index is -4.95. The van der Waals surface area contributed by atoms with Gasteiger partial charge in [0.05, 0.1) is 17.9 Å². The zero-order chi connectivity index (χ0) is 30.4. The van der Waals surface area contributed by atoms with Crippen LogP contribution in [-0.4, -0.2) is 65.2 Å². The maximum atomic E-state index is 13.9. The van der Waals surface area contributed by atoms with Crippen LogP contribution in [0.3, 0.4) is 0 Å². The molecule has 0 aliphatic carbocycles. The molecule has 0 unspecified atom stereocenters. The van der Waals surface area contributed by atoms with Gasteiger partial charge in [-0.2, -0.15) is 18.3 Å². The van der Waals surface area contributed by atoms with E-state index in [-0.39, 0.29) is 45.3 Å². The number of alkyl halides is 3. The molecule has 0 saturated heterocycles. The fourth-order valence-electron chi connectivity index (χ4n) is 4.50. The van der Waals surface area contributed by atoms with E-state index in [4.69, 9.17) is 16.3 Å². The van der Waals surface area contributed by atoms with Gasteiger partial charge in [-0.25, -0.2) is 13.2 Å². The van der Waals surface area contributed by atoms with Crippen molar-refractivity contribution in [1.82, 2.24) is 15.1 Å². The van der Waals surface area contributed by atoms with Crippen molar-refractivity contribution in [2.75, 3.05) is 15.7 Å². The molecule has 2 aromatic rings. The van der Waals surface area contributed by atoms with Crippen LogP contribution in [0.15, 0.2) is 29.3 Å². The fourth-order valence-corrected chi connectivity index (χ4v) is 6.45. The normalized spacial score (nSPS) is 16.2. The van der Waals surface area contributed by atoms with Crippen LogP contribution in [0, 0.1) is 0 Å². The summed E-state index contributed by atoms with van der Waals surface area (Å²) in [6.07, 6.45) is -6.27. The van der Waals surface area contributed by atoms with Crippen LogP contribution in [0.4, 0.5) is 29.3 Å². The predicted molar refractivity (Wildman–Crippen MR) is 141 cm³/mol. The van der Waals surface area contributed by atoms with Gasteiger partial charge < -0.3 is 15.2 Å². The monoisotopic (exact) mass is 609 g/mol. The number of carboxylic acid groups (broad SMARTS) is 1. The smallest absolute Gasteiger partial charge is 0.412 e. The number of anilines is 2. The average Bonchev–Trinajstić information content (AvgIpc) is 3.18. The zero-order valence-corrected chi connectivity index (χ0v) is 24.3. The molecule has 2 amide bonds. The number of sulfonamides is 1. The highest BCUT2D eigenvalue weighted by Crippen LogP contribution is 2.44. The maximum absolute atomic E-state index is 13.9. The molecule has 222 valence electrons. The molecular weight excluding hydrogens is 579 g/mol. The molecule has 1 aromatic carbocycles. The van der Waals surface area contributed by atoms with E-state index in [9.17, 15) is 36.3 Å². The number of nitrogens with one attached hydrogen (secondary N) is 1. The Morgan fingerprint density at radius 3 is 2.38 bits per heavy atom. The van der Waals surface area contributed by atoms with Gasteiger partial charge in [-0.05, 0) is 52.8 Å². The molecule has 0 fully saturated rings. The second-order valence-electron chi connectivity index (χ2n) is 10.5. The van der Waals surface area contributed by atoms with Gasteiger partial charge in [0.25, 0.3) is 10.0 Å². The predicted octanol–water partition coefficient (Wildman–Crippen LogP) is 4.64. The highest BCUT2D eigenvalue weighted by atomic mass is 35.5. The lowest BCUT2D eigenvalue weighted by Crippen LogP contribution is -2.57. The lowest BCUT2D eigenvalue weighted by atomic mass is 9.95. The molecule has 1 aliphatic rings. The molecule has 11 nitrogen and oxygen atoms in total. The van der Waals surface area contributed by atoms with E-state index in [2.05, 4.69) is 10.4 Å². The third-order valence-corrected chi connectivity index (χ3v) is 8.58. The number of rotatable bonds is 8. The minimum absolute atomic E-state index is 0.0173. The number of nitrogens with zero attached hydrogens (tertiary/aromatic N) is 4. The van der Waals surface area contributed by atoms with Gasteiger partial charge in [-0.3, -0.25) is 18.7 Å². The number of fused-ring (bicyclic) bond motifs is 1. The number of ether oxygens (including phenoxy) is 1. The van der Waals surface area contributed by atoms with Crippen LogP contribution in [0.2, 0.25) is 5.15 Å². The SMILES string of the molecule is CCn1cc(S(=O)(=O)N2C[C@H](CC(C)(C)NC(C)=O)Oc3ccc(N(C(=O)O)C(C)(C)C(F)(F)F)cc32)c(Cl)n1. The van der Waals surface area contributed by atoms with Gasteiger partial charge in [0, 0.05) is 31.6 Å². The molecule has 0 saturated carbocycles. The van der Waals surface area contributed by atoms with E-state index < -0.39 is 45.2 Å². The number of carbonyl (C=O) groups excluding carboxylic acids is 1. The van der Waals surface area contributed by atoms with Crippen molar-refractivity contribution < 1.29 is 41.0 Å². The van der Waals surface area contributed by atoms with Gasteiger partial charge in [0.1, 0.15) is 22.3 Å². The van der Waals surface area contributed by atoms with Crippen LogP contribution in [0.5, 0.6) is 5.75 Å². The van der Waals surface area contributed by atoms with Gasteiger partial charge in [0.2, 0.25) is 5.91 Å². The highest BCUT2D eigenvalue weighted by molar-refractivity contribution is 7.93. The molecule has 1 aliphatic heterocycles. The number of benzene rings is 1. The Hall–Kier alpha value is -3.20. The van der Waals surface area contributed by atoms with E-state index in [1.54, 1.807) is 20.8 Å². The second kappa shape index (κ2) is 10.7. The summed E-state index contributed by atoms with van der Waals surface area (Å²) in [7, 11) is -4.47. The molecule has 2 N–H and O–H groups in total. The van der Waals surface area contributed by atoms with Crippen LogP contribution >= 0.6 is 11.6 Å². The number of hydrogen-bond acceptors (Lipinski definition) is 6. The summed E-state index contributed by atoms with van der Waals surface area (Å²) in [5, 5.41) is 16.2. The summed E-state index contributed by atoms with van der Waals surface area (Å²) in [4.78, 5) is 23.5. The Morgan fingerprint density at radius 2 is 1.88 bits per heavy atom. The van der Waals surface area contributed by atoms with Gasteiger partial charge >= 0.3 is 12.3 Å². The molecule has 2 heterocycles. The van der Waals surface area contributed by atoms with Gasteiger partial charge in [0.15, 0.2) is 5.15 Å². The van der Waals surface area contributed by atoms with Crippen LogP contribution in [-0.2, 0) is 21.4 Å². The quantitative estimate of drug-likeness (QED) is 0.445. The summed E-state index contributed by atoms with van der Waals surface area (Å²) in [5.41, 5.74) is -4.28. The standard InChI is InChI=1S/C24H31ClF3N5O6S/c1-7-31-13-19(20(25)30-31)40(37,38)32-12-16(11-22(3,4)29-14(2)34)39-18-9-8-15(10-17(18)32)33(21(35)36)23(5,6)24(26,27)28/h8-10,13,16H,7,11-12H2,1-6H3,(H,29,34)(H,35,36)/t16-/m0/s1. The summed E-state index contributed by atoms with van der Waals surface area (Å²) in [5.74, 6) is -0.327. The second-order valence-corrected chi connectivity index (χ2v) is 12.7. The van der Waals surface area contributed by atoms with E-state index in [0.29, 0.717) is 20.4 Å². The Bertz CT molecular complexity index is 1410. The summed E-state index contributed by atoms with van der Waals surface area (Å²) < 4.78 is 77.6. The van der Waals surface area contributed by atoms with Crippen molar-refractivity contribution in [3.8, 4) is 5.75 Å². The molecule has 0 bridgehead atoms. The summed E-state index contributed by atoms with van der Waals surface area (Å²) >= 11 is 6.16. The van der Waals surface area contributed by atoms with E-state index in [1.165, 1.54) is 23.9 Å². The molecule has 1 aromatic heterocycles. The Balaban J connectivity index is 2.19. The van der Waals surface area contributed by atoms with Crippen molar-refractivity contribution in [2.45, 2.75) is 82.8 Å². The van der Waals surface area contributed by atoms with E-state index in [0.717, 1.165) is 16.4 Å². The fraction of sp³-hybridized carbons (Fsp3) is 0.542. The van der Waals surface area contributed by atoms with Crippen molar-refractivity contribution in [1.29, 1.82) is 0 Å². The average molecular weight is 610 g/mol. The Morgan fingerprint density at radius 1 is 1.25 bits per heavy atom. The molecular formula is C24H31ClF3N5O6S. The lowest BCUT2D eigenvalue weighted by Gasteiger charge is -2.40. The lowest BCUT2D eigenvalue weighted by molar-refractivity contribution is -0.175. The largest absolute Gasteiger partial charge is 0.486 e. The molecule has 0 spiro atoms. The van der Waals surface area contributed by atoms with Crippen molar-refractivity contribution in [2.24, 2.45) is 0 Å². The number of halogens is 4. The number of hydrogen-bond donors (Lipinski definition) is 2. The van der Waals surface area contributed by atoms with E-state index >= 15 is 0 Å². The van der Waals surface area contributed by atoms with Crippen molar-refractivity contribution in [3.63, 3.8) is 0 Å². The van der Waals surface area contributed by atoms with Crippen LogP contribution in [0.25, 0.3) is 0 Å². The van der Waals surface area contributed by atoms with Gasteiger partial charge in [-0.15, -0.1) is 0 Å². The topological polar surface area (TPSA) is 134 Å². The summed E-state index contributed by atoms with van der Waals surface area (Å²) in [6, 6.07) is 3.33. The highest BCUT2D eigenvalue weighted by Gasteiger charge is 2.54. The Labute approximate surface area is 234 Å².